The summed E-state index contributed by atoms with van der Waals surface area (Å²) in [4.78, 5) is 2.48. The van der Waals surface area contributed by atoms with Gasteiger partial charge in [0.25, 0.3) is 0 Å². The van der Waals surface area contributed by atoms with Crippen LogP contribution in [0.3, 0.4) is 0 Å². The predicted octanol–water partition coefficient (Wildman–Crippen LogP) is 1.97. The molecule has 1 aliphatic rings. The second-order valence-electron chi connectivity index (χ2n) is 4.02. The fraction of sp³-hybridized carbons (Fsp3) is 0.538. The molecule has 0 unspecified atom stereocenters. The topological polar surface area (TPSA) is 15.3 Å². The van der Waals surface area contributed by atoms with Crippen LogP contribution in [0.2, 0.25) is 0 Å². The Morgan fingerprint density at radius 2 is 2.07 bits per heavy atom. The molecule has 15 heavy (non-hydrogen) atoms. The molecule has 0 amide bonds. The molecule has 84 valence electrons. The third-order valence-electron chi connectivity index (χ3n) is 3.00. The third-order valence-corrected chi connectivity index (χ3v) is 3.00. The Bertz CT molecular complexity index is 235. The van der Waals surface area contributed by atoms with Crippen LogP contribution in [0.5, 0.6) is 0 Å². The summed E-state index contributed by atoms with van der Waals surface area (Å²) in [6.45, 7) is 10.9. The lowest BCUT2D eigenvalue weighted by atomic mass is 10.0. The molecule has 1 aliphatic heterocycles. The summed E-state index contributed by atoms with van der Waals surface area (Å²) in [5.74, 6) is 0. The Balaban J connectivity index is 2.37. The van der Waals surface area contributed by atoms with Crippen LogP contribution in [0.4, 0.5) is 0 Å². The van der Waals surface area contributed by atoms with Crippen molar-refractivity contribution in [2.75, 3.05) is 26.7 Å². The van der Waals surface area contributed by atoms with Gasteiger partial charge in [0, 0.05) is 12.6 Å². The van der Waals surface area contributed by atoms with Gasteiger partial charge >= 0.3 is 0 Å². The zero-order chi connectivity index (χ0) is 11.1. The molecule has 1 saturated heterocycles. The highest BCUT2D eigenvalue weighted by Gasteiger charge is 2.17. The minimum atomic E-state index is 0.705. The monoisotopic (exact) mass is 206 g/mol. The molecule has 0 radical (unpaired) electrons. The molecular formula is C13H22N2. The number of likely N-dealkylation sites (tertiary alicyclic amines) is 1. The number of hydrogen-bond donors (Lipinski definition) is 1. The Morgan fingerprint density at radius 3 is 2.53 bits per heavy atom. The van der Waals surface area contributed by atoms with Gasteiger partial charge in [0.15, 0.2) is 0 Å². The van der Waals surface area contributed by atoms with Gasteiger partial charge in [-0.05, 0) is 38.6 Å². The summed E-state index contributed by atoms with van der Waals surface area (Å²) in [5.41, 5.74) is 1.26. The molecule has 1 heterocycles. The van der Waals surface area contributed by atoms with Gasteiger partial charge < -0.3 is 5.32 Å². The highest BCUT2D eigenvalue weighted by atomic mass is 15.1. The Labute approximate surface area is 93.4 Å². The van der Waals surface area contributed by atoms with E-state index in [0.717, 1.165) is 6.54 Å². The van der Waals surface area contributed by atoms with Crippen molar-refractivity contribution < 1.29 is 0 Å². The van der Waals surface area contributed by atoms with Crippen LogP contribution in [0.25, 0.3) is 0 Å². The van der Waals surface area contributed by atoms with Crippen LogP contribution in [0.1, 0.15) is 12.8 Å². The van der Waals surface area contributed by atoms with Crippen molar-refractivity contribution in [2.24, 2.45) is 0 Å². The van der Waals surface area contributed by atoms with Crippen molar-refractivity contribution in [2.45, 2.75) is 18.9 Å². The molecule has 0 atom stereocenters. The van der Waals surface area contributed by atoms with E-state index in [0.29, 0.717) is 6.04 Å². The number of piperidine rings is 1. The molecule has 0 saturated carbocycles. The lowest BCUT2D eigenvalue weighted by molar-refractivity contribution is 0.217. The maximum Gasteiger partial charge on any atom is 0.0233 e. The van der Waals surface area contributed by atoms with Crippen LogP contribution < -0.4 is 5.32 Å². The number of hydrogen-bond acceptors (Lipinski definition) is 2. The molecular weight excluding hydrogens is 184 g/mol. The Kier molecular flexibility index (Phi) is 5.37. The van der Waals surface area contributed by atoms with Crippen molar-refractivity contribution in [1.29, 1.82) is 0 Å². The van der Waals surface area contributed by atoms with E-state index in [-0.39, 0.29) is 0 Å². The molecule has 0 aliphatic carbocycles. The van der Waals surface area contributed by atoms with Crippen LogP contribution in [-0.2, 0) is 0 Å². The summed E-state index contributed by atoms with van der Waals surface area (Å²) in [5, 5.41) is 3.34. The highest BCUT2D eigenvalue weighted by Crippen LogP contribution is 2.12. The molecule has 0 bridgehead atoms. The molecule has 0 aromatic carbocycles. The molecule has 0 aromatic heterocycles. The Hall–Kier alpha value is -0.860. The maximum absolute atomic E-state index is 3.82. The fourth-order valence-electron chi connectivity index (χ4n) is 1.97. The van der Waals surface area contributed by atoms with E-state index in [4.69, 9.17) is 0 Å². The summed E-state index contributed by atoms with van der Waals surface area (Å²) < 4.78 is 0. The maximum atomic E-state index is 3.82. The number of rotatable bonds is 5. The van der Waals surface area contributed by atoms with Crippen molar-refractivity contribution in [3.63, 3.8) is 0 Å². The van der Waals surface area contributed by atoms with Gasteiger partial charge in [0.1, 0.15) is 0 Å². The van der Waals surface area contributed by atoms with E-state index in [9.17, 15) is 0 Å². The summed E-state index contributed by atoms with van der Waals surface area (Å²) >= 11 is 0. The average molecular weight is 206 g/mol. The van der Waals surface area contributed by atoms with Gasteiger partial charge in [0.05, 0.1) is 0 Å². The highest BCUT2D eigenvalue weighted by molar-refractivity contribution is 5.22. The number of allylic oxidation sites excluding steroid dienone is 2. The predicted molar refractivity (Wildman–Crippen MR) is 67.0 cm³/mol. The molecule has 2 heteroatoms. The van der Waals surface area contributed by atoms with Crippen molar-refractivity contribution in [3.05, 3.63) is 37.0 Å². The second kappa shape index (κ2) is 6.59. The minimum Gasteiger partial charge on any atom is -0.317 e. The van der Waals surface area contributed by atoms with Crippen LogP contribution in [-0.4, -0.2) is 37.6 Å². The summed E-state index contributed by atoms with van der Waals surface area (Å²) in [6, 6.07) is 0.705. The van der Waals surface area contributed by atoms with Crippen molar-refractivity contribution in [3.8, 4) is 0 Å². The molecule has 1 rings (SSSR count). The zero-order valence-corrected chi connectivity index (χ0v) is 9.71. The molecule has 0 aromatic rings. The fourth-order valence-corrected chi connectivity index (χ4v) is 1.97. The number of nitrogens with zero attached hydrogens (tertiary/aromatic N) is 1. The third kappa shape index (κ3) is 4.02. The molecule has 2 nitrogen and oxygen atoms in total. The van der Waals surface area contributed by atoms with Crippen LogP contribution in [0.15, 0.2) is 37.0 Å². The first-order valence-corrected chi connectivity index (χ1v) is 5.63. The second-order valence-corrected chi connectivity index (χ2v) is 4.02. The van der Waals surface area contributed by atoms with Crippen LogP contribution >= 0.6 is 0 Å². The van der Waals surface area contributed by atoms with Crippen molar-refractivity contribution in [1.82, 2.24) is 10.2 Å². The zero-order valence-electron chi connectivity index (χ0n) is 9.71. The Morgan fingerprint density at radius 1 is 1.40 bits per heavy atom. The van der Waals surface area contributed by atoms with Gasteiger partial charge in [-0.3, -0.25) is 4.90 Å². The lowest BCUT2D eigenvalue weighted by Gasteiger charge is -2.31. The van der Waals surface area contributed by atoms with Gasteiger partial charge in [-0.25, -0.2) is 0 Å². The molecule has 1 N–H and O–H groups in total. The van der Waals surface area contributed by atoms with Gasteiger partial charge in [-0.1, -0.05) is 31.4 Å². The first-order valence-electron chi connectivity index (χ1n) is 5.63. The van der Waals surface area contributed by atoms with E-state index in [1.165, 1.54) is 31.5 Å². The van der Waals surface area contributed by atoms with Crippen molar-refractivity contribution >= 4 is 0 Å². The summed E-state index contributed by atoms with van der Waals surface area (Å²) in [7, 11) is 2.05. The smallest absolute Gasteiger partial charge is 0.0233 e. The van der Waals surface area contributed by atoms with E-state index in [2.05, 4.69) is 23.4 Å². The average Bonchev–Trinajstić information content (AvgIpc) is 2.29. The quantitative estimate of drug-likeness (QED) is 0.692. The van der Waals surface area contributed by atoms with Crippen LogP contribution in [0, 0.1) is 0 Å². The largest absolute Gasteiger partial charge is 0.317 e. The standard InChI is InChI=1S/C13H22N2/c1-4-6-12(5-2)11-15-9-7-13(14-3)8-10-15/h4-6,13-14H,1-2,7-11H2,3H3/b12-6+. The SMILES string of the molecule is C=C/C=C(\C=C)CN1CCC(NC)CC1. The van der Waals surface area contributed by atoms with E-state index >= 15 is 0 Å². The molecule has 0 spiro atoms. The number of nitrogens with one attached hydrogen (secondary N) is 1. The van der Waals surface area contributed by atoms with E-state index in [1.807, 2.05) is 25.3 Å². The van der Waals surface area contributed by atoms with Gasteiger partial charge in [-0.15, -0.1) is 0 Å². The van der Waals surface area contributed by atoms with Gasteiger partial charge in [0.2, 0.25) is 0 Å². The normalized spacial score (nSPS) is 20.2. The first-order chi connectivity index (χ1) is 7.30. The minimum absolute atomic E-state index is 0.705. The van der Waals surface area contributed by atoms with Gasteiger partial charge in [-0.2, -0.15) is 0 Å². The molecule has 1 fully saturated rings. The van der Waals surface area contributed by atoms with E-state index in [1.54, 1.807) is 0 Å². The lowest BCUT2D eigenvalue weighted by Crippen LogP contribution is -2.41. The summed E-state index contributed by atoms with van der Waals surface area (Å²) in [6.07, 6.45) is 8.28. The van der Waals surface area contributed by atoms with E-state index < -0.39 is 0 Å². The first kappa shape index (κ1) is 12.2.